The van der Waals surface area contributed by atoms with Crippen molar-refractivity contribution in [3.63, 3.8) is 0 Å². The second kappa shape index (κ2) is 15.7. The standard InChI is InChI=1S/C44H67NO5.CH3Cl/c1-28(2)26-33(38(47)48)45-39(49)44-22-16-31(29(3)27-50-25-19-30-12-10-9-11-13-30)37(44)32-14-15-35-41(6)20-18-36(46)40(4,5)34(41)17-21-43(35,8)42(32,7)23-24-44;1-2/h9-13,28,31-37,46H,3,14-27H2,1-2,4-8H3,(H,45,49)(H,47,48);1H3/t31-,32+,33?,34-,35+,36-,37+,41-,42+,43+,44-;/m0./s1. The first-order valence-corrected chi connectivity index (χ1v) is 21.2. The molecule has 5 aliphatic carbocycles. The lowest BCUT2D eigenvalue weighted by Crippen LogP contribution is -2.67. The lowest BCUT2D eigenvalue weighted by molar-refractivity contribution is -0.246. The van der Waals surface area contributed by atoms with E-state index in [1.807, 2.05) is 19.9 Å². The zero-order valence-corrected chi connectivity index (χ0v) is 34.4. The number of aliphatic hydroxyl groups is 1. The highest BCUT2D eigenvalue weighted by molar-refractivity contribution is 6.15. The van der Waals surface area contributed by atoms with Gasteiger partial charge in [0.05, 0.1) is 24.7 Å². The smallest absolute Gasteiger partial charge is 0.326 e. The van der Waals surface area contributed by atoms with Gasteiger partial charge >= 0.3 is 5.97 Å². The van der Waals surface area contributed by atoms with Crippen molar-refractivity contribution in [2.24, 2.45) is 62.6 Å². The van der Waals surface area contributed by atoms with Gasteiger partial charge in [-0.1, -0.05) is 85.4 Å². The fourth-order valence-corrected chi connectivity index (χ4v) is 13.6. The highest BCUT2D eigenvalue weighted by Crippen LogP contribution is 2.77. The SMILES string of the molecule is C=C(COCCc1ccccc1)[C@@H]1CC[C@]2(C(=O)NC(CC(C)C)C(=O)O)CC[C@]3(C)[C@H](CC[C@@H]4[C@@]5(C)CC[C@H](O)C(C)(C)[C@@H]5CC[C@]43C)[C@@H]12.CCl. The summed E-state index contributed by atoms with van der Waals surface area (Å²) < 4.78 is 6.29. The number of amides is 1. The predicted octanol–water partition coefficient (Wildman–Crippen LogP) is 9.71. The number of carbonyl (C=O) groups is 2. The van der Waals surface area contributed by atoms with Crippen LogP contribution < -0.4 is 5.32 Å². The van der Waals surface area contributed by atoms with Gasteiger partial charge in [-0.05, 0) is 145 Å². The summed E-state index contributed by atoms with van der Waals surface area (Å²) in [5.74, 6) is 0.919. The predicted molar refractivity (Wildman–Crippen MR) is 211 cm³/mol. The summed E-state index contributed by atoms with van der Waals surface area (Å²) in [7, 11) is 0. The Balaban J connectivity index is 0.00000257. The fraction of sp³-hybridized carbons (Fsp3) is 0.778. The van der Waals surface area contributed by atoms with Gasteiger partial charge < -0.3 is 20.3 Å². The molecule has 1 aromatic carbocycles. The van der Waals surface area contributed by atoms with E-state index >= 15 is 0 Å². The van der Waals surface area contributed by atoms with Gasteiger partial charge in [0, 0.05) is 6.38 Å². The first-order valence-electron chi connectivity index (χ1n) is 20.4. The number of carboxylic acid groups (broad SMARTS) is 1. The number of carbonyl (C=O) groups excluding carboxylic acids is 1. The molecule has 3 N–H and O–H groups in total. The molecule has 0 aliphatic heterocycles. The number of rotatable bonds is 11. The normalized spacial score (nSPS) is 39.4. The average Bonchev–Trinajstić information content (AvgIpc) is 3.51. The third-order valence-electron chi connectivity index (χ3n) is 16.4. The summed E-state index contributed by atoms with van der Waals surface area (Å²) in [6.45, 7) is 22.2. The van der Waals surface area contributed by atoms with Gasteiger partial charge in [0.15, 0.2) is 0 Å². The van der Waals surface area contributed by atoms with Crippen LogP contribution in [0.25, 0.3) is 0 Å². The van der Waals surface area contributed by atoms with E-state index in [-0.39, 0.29) is 51.4 Å². The number of halogens is 1. The van der Waals surface area contributed by atoms with Crippen LogP contribution in [0.5, 0.6) is 0 Å². The van der Waals surface area contributed by atoms with Crippen molar-refractivity contribution in [3.05, 3.63) is 48.0 Å². The maximum Gasteiger partial charge on any atom is 0.326 e. The van der Waals surface area contributed by atoms with Crippen molar-refractivity contribution >= 4 is 23.5 Å². The number of aliphatic hydroxyl groups excluding tert-OH is 1. The fourth-order valence-electron chi connectivity index (χ4n) is 13.6. The molecule has 0 saturated heterocycles. The zero-order valence-electron chi connectivity index (χ0n) is 33.6. The average molecular weight is 741 g/mol. The molecule has 0 radical (unpaired) electrons. The number of fused-ring (bicyclic) bond motifs is 7. The van der Waals surface area contributed by atoms with Crippen molar-refractivity contribution in [1.29, 1.82) is 0 Å². The van der Waals surface area contributed by atoms with Crippen LogP contribution in [0.1, 0.15) is 125 Å². The van der Waals surface area contributed by atoms with E-state index in [2.05, 4.69) is 82.4 Å². The van der Waals surface area contributed by atoms with Crippen LogP contribution in [0.2, 0.25) is 0 Å². The molecule has 11 atom stereocenters. The molecule has 0 heterocycles. The molecule has 6 rings (SSSR count). The molecule has 52 heavy (non-hydrogen) atoms. The van der Waals surface area contributed by atoms with Crippen molar-refractivity contribution in [2.45, 2.75) is 138 Å². The highest BCUT2D eigenvalue weighted by Gasteiger charge is 2.72. The molecular weight excluding hydrogens is 670 g/mol. The van der Waals surface area contributed by atoms with Gasteiger partial charge in [0.2, 0.25) is 5.91 Å². The third kappa shape index (κ3) is 6.93. The van der Waals surface area contributed by atoms with Crippen molar-refractivity contribution < 1.29 is 24.5 Å². The number of aliphatic carboxylic acids is 1. The summed E-state index contributed by atoms with van der Waals surface area (Å²) in [5.41, 5.74) is 2.06. The molecule has 1 aromatic rings. The maximum absolute atomic E-state index is 14.7. The van der Waals surface area contributed by atoms with Crippen molar-refractivity contribution in [2.75, 3.05) is 19.6 Å². The summed E-state index contributed by atoms with van der Waals surface area (Å²) in [6.07, 6.45) is 12.5. The number of alkyl halides is 1. The number of hydrogen-bond donors (Lipinski definition) is 3. The van der Waals surface area contributed by atoms with E-state index in [1.165, 1.54) is 11.9 Å². The quantitative estimate of drug-likeness (QED) is 0.119. The van der Waals surface area contributed by atoms with E-state index in [0.29, 0.717) is 37.4 Å². The van der Waals surface area contributed by atoms with Gasteiger partial charge in [0.1, 0.15) is 6.04 Å². The molecule has 7 heteroatoms. The first kappa shape index (κ1) is 41.3. The minimum Gasteiger partial charge on any atom is -0.480 e. The summed E-state index contributed by atoms with van der Waals surface area (Å²) in [6, 6.07) is 9.56. The number of nitrogens with one attached hydrogen (secondary N) is 1. The second-order valence-electron chi connectivity index (χ2n) is 19.3. The van der Waals surface area contributed by atoms with Gasteiger partial charge in [-0.15, -0.1) is 11.6 Å². The number of ether oxygens (including phenoxy) is 1. The molecule has 1 amide bonds. The monoisotopic (exact) mass is 739 g/mol. The van der Waals surface area contributed by atoms with Crippen molar-refractivity contribution in [1.82, 2.24) is 5.32 Å². The first-order chi connectivity index (χ1) is 24.5. The van der Waals surface area contributed by atoms with Gasteiger partial charge in [0.25, 0.3) is 0 Å². The van der Waals surface area contributed by atoms with Crippen LogP contribution >= 0.6 is 11.6 Å². The van der Waals surface area contributed by atoms with Gasteiger partial charge in [-0.25, -0.2) is 4.79 Å². The van der Waals surface area contributed by atoms with E-state index in [4.69, 9.17) is 4.74 Å². The van der Waals surface area contributed by atoms with Crippen LogP contribution in [0.15, 0.2) is 42.5 Å². The van der Waals surface area contributed by atoms with E-state index in [0.717, 1.165) is 76.2 Å². The molecule has 0 spiro atoms. The Hall–Kier alpha value is -1.89. The van der Waals surface area contributed by atoms with Gasteiger partial charge in [-0.3, -0.25) is 4.79 Å². The molecule has 1 unspecified atom stereocenters. The van der Waals surface area contributed by atoms with Crippen LogP contribution in [-0.4, -0.2) is 53.8 Å². The third-order valence-corrected chi connectivity index (χ3v) is 16.4. The molecule has 5 saturated carbocycles. The summed E-state index contributed by atoms with van der Waals surface area (Å²) in [5, 5.41) is 24.4. The van der Waals surface area contributed by atoms with Crippen LogP contribution in [0, 0.1) is 62.6 Å². The minimum absolute atomic E-state index is 0.0381. The van der Waals surface area contributed by atoms with E-state index in [9.17, 15) is 19.8 Å². The Morgan fingerprint density at radius 2 is 1.60 bits per heavy atom. The Kier molecular flexibility index (Phi) is 12.5. The Morgan fingerprint density at radius 1 is 0.904 bits per heavy atom. The van der Waals surface area contributed by atoms with Gasteiger partial charge in [-0.2, -0.15) is 0 Å². The summed E-state index contributed by atoms with van der Waals surface area (Å²) >= 11 is 4.64. The second-order valence-corrected chi connectivity index (χ2v) is 19.3. The van der Waals surface area contributed by atoms with E-state index < -0.39 is 17.4 Å². The topological polar surface area (TPSA) is 95.9 Å². The largest absolute Gasteiger partial charge is 0.480 e. The van der Waals surface area contributed by atoms with E-state index in [1.54, 1.807) is 0 Å². The number of carboxylic acids is 1. The molecule has 6 nitrogen and oxygen atoms in total. The lowest BCUT2D eigenvalue weighted by Gasteiger charge is -2.72. The Bertz CT molecular complexity index is 1430. The highest BCUT2D eigenvalue weighted by atomic mass is 35.5. The van der Waals surface area contributed by atoms with Crippen LogP contribution in [0.4, 0.5) is 0 Å². The maximum atomic E-state index is 14.7. The minimum atomic E-state index is -0.940. The zero-order chi connectivity index (χ0) is 38.3. The number of benzene rings is 1. The van der Waals surface area contributed by atoms with Crippen LogP contribution in [-0.2, 0) is 20.7 Å². The molecule has 0 aromatic heterocycles. The number of hydrogen-bond acceptors (Lipinski definition) is 4. The summed E-state index contributed by atoms with van der Waals surface area (Å²) in [4.78, 5) is 27.1. The molecule has 292 valence electrons. The Labute approximate surface area is 320 Å². The lowest BCUT2D eigenvalue weighted by atomic mass is 9.32. The Morgan fingerprint density at radius 3 is 2.25 bits per heavy atom. The molecule has 5 aliphatic rings. The van der Waals surface area contributed by atoms with Crippen molar-refractivity contribution in [3.8, 4) is 0 Å². The molecule has 0 bridgehead atoms. The molecular formula is C45H70ClNO5. The molecule has 5 fully saturated rings. The van der Waals surface area contributed by atoms with Crippen LogP contribution in [0.3, 0.4) is 0 Å².